The Balaban J connectivity index is 3.53. The molecule has 84 valence electrons. The molecular weight excluding hydrogens is 180 g/mol. The largest absolute Gasteiger partial charge is 0.377 e. The van der Waals surface area contributed by atoms with Gasteiger partial charge in [-0.25, -0.2) is 0 Å². The SMILES string of the molecule is CCNCCC(=O)NCC(C)(C)OC. The van der Waals surface area contributed by atoms with Gasteiger partial charge in [-0.3, -0.25) is 4.79 Å². The van der Waals surface area contributed by atoms with Gasteiger partial charge in [-0.05, 0) is 20.4 Å². The third-order valence-corrected chi connectivity index (χ3v) is 2.04. The van der Waals surface area contributed by atoms with Gasteiger partial charge in [0.1, 0.15) is 0 Å². The van der Waals surface area contributed by atoms with E-state index in [1.807, 2.05) is 20.8 Å². The Morgan fingerprint density at radius 1 is 1.43 bits per heavy atom. The lowest BCUT2D eigenvalue weighted by atomic mass is 10.1. The smallest absolute Gasteiger partial charge is 0.221 e. The molecule has 1 amide bonds. The van der Waals surface area contributed by atoms with Gasteiger partial charge in [-0.2, -0.15) is 0 Å². The van der Waals surface area contributed by atoms with Crippen LogP contribution in [0.25, 0.3) is 0 Å². The molecule has 0 spiro atoms. The van der Waals surface area contributed by atoms with Crippen LogP contribution >= 0.6 is 0 Å². The van der Waals surface area contributed by atoms with Crippen LogP contribution in [0.4, 0.5) is 0 Å². The van der Waals surface area contributed by atoms with Crippen molar-refractivity contribution in [2.24, 2.45) is 0 Å². The van der Waals surface area contributed by atoms with Gasteiger partial charge in [0, 0.05) is 26.6 Å². The molecular formula is C10H22N2O2. The Hall–Kier alpha value is -0.610. The van der Waals surface area contributed by atoms with Crippen LogP contribution in [-0.4, -0.2) is 38.3 Å². The summed E-state index contributed by atoms with van der Waals surface area (Å²) in [6, 6.07) is 0. The van der Waals surface area contributed by atoms with E-state index in [-0.39, 0.29) is 11.5 Å². The molecule has 0 atom stereocenters. The lowest BCUT2D eigenvalue weighted by Gasteiger charge is -2.23. The molecule has 0 aromatic carbocycles. The first-order chi connectivity index (χ1) is 6.52. The van der Waals surface area contributed by atoms with Gasteiger partial charge in [0.2, 0.25) is 5.91 Å². The number of amides is 1. The number of rotatable bonds is 7. The average molecular weight is 202 g/mol. The van der Waals surface area contributed by atoms with Gasteiger partial charge in [0.05, 0.1) is 5.60 Å². The monoisotopic (exact) mass is 202 g/mol. The maximum atomic E-state index is 11.3. The van der Waals surface area contributed by atoms with Crippen LogP contribution in [0.2, 0.25) is 0 Å². The predicted molar refractivity (Wildman–Crippen MR) is 57.3 cm³/mol. The van der Waals surface area contributed by atoms with Crippen molar-refractivity contribution in [2.75, 3.05) is 26.7 Å². The van der Waals surface area contributed by atoms with E-state index in [1.54, 1.807) is 7.11 Å². The molecule has 0 aliphatic carbocycles. The lowest BCUT2D eigenvalue weighted by molar-refractivity contribution is -0.122. The van der Waals surface area contributed by atoms with Crippen molar-refractivity contribution in [3.63, 3.8) is 0 Å². The molecule has 0 radical (unpaired) electrons. The van der Waals surface area contributed by atoms with Crippen LogP contribution in [0.3, 0.4) is 0 Å². The Kier molecular flexibility index (Phi) is 6.49. The average Bonchev–Trinajstić information content (AvgIpc) is 2.16. The van der Waals surface area contributed by atoms with Gasteiger partial charge in [0.15, 0.2) is 0 Å². The molecule has 0 bridgehead atoms. The second-order valence-electron chi connectivity index (χ2n) is 3.84. The molecule has 0 aromatic heterocycles. The van der Waals surface area contributed by atoms with Crippen LogP contribution < -0.4 is 10.6 Å². The molecule has 0 fully saturated rings. The first-order valence-electron chi connectivity index (χ1n) is 5.04. The standard InChI is InChI=1S/C10H22N2O2/c1-5-11-7-6-9(13)12-8-10(2,3)14-4/h11H,5-8H2,1-4H3,(H,12,13). The number of hydrogen-bond acceptors (Lipinski definition) is 3. The lowest BCUT2D eigenvalue weighted by Crippen LogP contribution is -2.40. The van der Waals surface area contributed by atoms with Crippen molar-refractivity contribution in [1.82, 2.24) is 10.6 Å². The van der Waals surface area contributed by atoms with Crippen LogP contribution in [-0.2, 0) is 9.53 Å². The number of hydrogen-bond donors (Lipinski definition) is 2. The highest BCUT2D eigenvalue weighted by Gasteiger charge is 2.16. The maximum Gasteiger partial charge on any atom is 0.221 e. The van der Waals surface area contributed by atoms with Crippen molar-refractivity contribution in [1.29, 1.82) is 0 Å². The van der Waals surface area contributed by atoms with E-state index in [4.69, 9.17) is 4.74 Å². The minimum absolute atomic E-state index is 0.0658. The first kappa shape index (κ1) is 13.4. The fourth-order valence-corrected chi connectivity index (χ4v) is 0.851. The summed E-state index contributed by atoms with van der Waals surface area (Å²) in [5.41, 5.74) is -0.284. The summed E-state index contributed by atoms with van der Waals surface area (Å²) in [6.07, 6.45) is 0.521. The van der Waals surface area contributed by atoms with Gasteiger partial charge in [-0.15, -0.1) is 0 Å². The molecule has 0 aliphatic heterocycles. The number of carbonyl (C=O) groups excluding carboxylic acids is 1. The van der Waals surface area contributed by atoms with E-state index in [1.165, 1.54) is 0 Å². The van der Waals surface area contributed by atoms with Gasteiger partial charge < -0.3 is 15.4 Å². The molecule has 0 heterocycles. The summed E-state index contributed by atoms with van der Waals surface area (Å²) >= 11 is 0. The molecule has 2 N–H and O–H groups in total. The second-order valence-corrected chi connectivity index (χ2v) is 3.84. The molecule has 0 aliphatic rings. The maximum absolute atomic E-state index is 11.3. The zero-order chi connectivity index (χ0) is 11.0. The van der Waals surface area contributed by atoms with Crippen molar-refractivity contribution >= 4 is 5.91 Å². The van der Waals surface area contributed by atoms with E-state index < -0.39 is 0 Å². The van der Waals surface area contributed by atoms with Crippen molar-refractivity contribution in [3.05, 3.63) is 0 Å². The Labute approximate surface area is 86.4 Å². The summed E-state index contributed by atoms with van der Waals surface area (Å²) in [5.74, 6) is 0.0658. The normalized spacial score (nSPS) is 11.4. The van der Waals surface area contributed by atoms with Crippen molar-refractivity contribution in [2.45, 2.75) is 32.8 Å². The van der Waals surface area contributed by atoms with Crippen LogP contribution in [0, 0.1) is 0 Å². The molecule has 4 nitrogen and oxygen atoms in total. The molecule has 0 saturated carbocycles. The van der Waals surface area contributed by atoms with E-state index >= 15 is 0 Å². The quantitative estimate of drug-likeness (QED) is 0.592. The summed E-state index contributed by atoms with van der Waals surface area (Å²) in [7, 11) is 1.64. The molecule has 0 aromatic rings. The van der Waals surface area contributed by atoms with Gasteiger partial charge >= 0.3 is 0 Å². The highest BCUT2D eigenvalue weighted by Crippen LogP contribution is 2.04. The topological polar surface area (TPSA) is 50.4 Å². The minimum Gasteiger partial charge on any atom is -0.377 e. The molecule has 0 saturated heterocycles. The zero-order valence-electron chi connectivity index (χ0n) is 9.64. The van der Waals surface area contributed by atoms with Crippen LogP contribution in [0.5, 0.6) is 0 Å². The summed E-state index contributed by atoms with van der Waals surface area (Å²) in [5, 5.41) is 5.93. The first-order valence-corrected chi connectivity index (χ1v) is 5.04. The summed E-state index contributed by atoms with van der Waals surface area (Å²) in [4.78, 5) is 11.3. The van der Waals surface area contributed by atoms with Crippen molar-refractivity contribution in [3.8, 4) is 0 Å². The number of nitrogens with one attached hydrogen (secondary N) is 2. The van der Waals surface area contributed by atoms with E-state index in [0.717, 1.165) is 13.1 Å². The number of ether oxygens (including phenoxy) is 1. The third kappa shape index (κ3) is 6.86. The fourth-order valence-electron chi connectivity index (χ4n) is 0.851. The summed E-state index contributed by atoms with van der Waals surface area (Å²) < 4.78 is 5.18. The van der Waals surface area contributed by atoms with E-state index in [9.17, 15) is 4.79 Å². The molecule has 4 heteroatoms. The Morgan fingerprint density at radius 2 is 2.07 bits per heavy atom. The Morgan fingerprint density at radius 3 is 2.57 bits per heavy atom. The number of methoxy groups -OCH3 is 1. The Bertz CT molecular complexity index is 170. The minimum atomic E-state index is -0.284. The molecule has 0 unspecified atom stereocenters. The second kappa shape index (κ2) is 6.79. The van der Waals surface area contributed by atoms with Gasteiger partial charge in [-0.1, -0.05) is 6.92 Å². The highest BCUT2D eigenvalue weighted by molar-refractivity contribution is 5.76. The van der Waals surface area contributed by atoms with Crippen LogP contribution in [0.15, 0.2) is 0 Å². The fraction of sp³-hybridized carbons (Fsp3) is 0.900. The van der Waals surface area contributed by atoms with E-state index in [2.05, 4.69) is 10.6 Å². The zero-order valence-corrected chi connectivity index (χ0v) is 9.64. The summed E-state index contributed by atoms with van der Waals surface area (Å²) in [6.45, 7) is 8.09. The third-order valence-electron chi connectivity index (χ3n) is 2.04. The van der Waals surface area contributed by atoms with Crippen molar-refractivity contribution < 1.29 is 9.53 Å². The van der Waals surface area contributed by atoms with E-state index in [0.29, 0.717) is 13.0 Å². The highest BCUT2D eigenvalue weighted by atomic mass is 16.5. The van der Waals surface area contributed by atoms with Gasteiger partial charge in [0.25, 0.3) is 0 Å². The molecule has 0 rings (SSSR count). The number of carbonyl (C=O) groups is 1. The van der Waals surface area contributed by atoms with Crippen LogP contribution in [0.1, 0.15) is 27.2 Å². The predicted octanol–water partition coefficient (Wildman–Crippen LogP) is 0.527. The molecule has 14 heavy (non-hydrogen) atoms.